The Labute approximate surface area is 285 Å². The van der Waals surface area contributed by atoms with Gasteiger partial charge in [-0.05, 0) is 56.0 Å². The van der Waals surface area contributed by atoms with E-state index in [1.165, 1.54) is 0 Å². The lowest BCUT2D eigenvalue weighted by Crippen LogP contribution is -2.20. The molecule has 2 unspecified atom stereocenters. The molecule has 2 aromatic carbocycles. The molecule has 12 heteroatoms. The van der Waals surface area contributed by atoms with Crippen LogP contribution < -0.4 is 34.4 Å². The molecule has 3 aromatic rings. The predicted molar refractivity (Wildman–Crippen MR) is 195 cm³/mol. The third-order valence-electron chi connectivity index (χ3n) is 7.75. The van der Waals surface area contributed by atoms with Crippen LogP contribution in [-0.4, -0.2) is 28.6 Å². The number of primary amides is 4. The highest BCUT2D eigenvalue weighted by Crippen LogP contribution is 2.23. The molecular weight excluding hydrogens is 618 g/mol. The fourth-order valence-electron chi connectivity index (χ4n) is 4.70. The summed E-state index contributed by atoms with van der Waals surface area (Å²) in [6.45, 7) is 3.71. The van der Waals surface area contributed by atoms with E-state index >= 15 is 0 Å². The number of nitrogens with two attached hydrogens (primary N) is 6. The van der Waals surface area contributed by atoms with Crippen LogP contribution in [0.15, 0.2) is 42.5 Å². The number of pyridine rings is 1. The van der Waals surface area contributed by atoms with Gasteiger partial charge in [0.05, 0.1) is 11.0 Å². The fraction of sp³-hybridized carbons (Fsp3) is 0.514. The van der Waals surface area contributed by atoms with Gasteiger partial charge in [-0.2, -0.15) is 0 Å². The van der Waals surface area contributed by atoms with Crippen molar-refractivity contribution in [2.45, 2.75) is 104 Å². The van der Waals surface area contributed by atoms with Gasteiger partial charge in [0.15, 0.2) is 0 Å². The monoisotopic (exact) mass is 673 g/mol. The maximum absolute atomic E-state index is 10.7. The first-order chi connectivity index (χ1) is 21.8. The molecule has 12 N–H and O–H groups in total. The number of rotatable bonds is 18. The van der Waals surface area contributed by atoms with Crippen molar-refractivity contribution in [3.63, 3.8) is 0 Å². The zero-order valence-electron chi connectivity index (χ0n) is 28.0. The molecule has 47 heavy (non-hydrogen) atoms. The maximum atomic E-state index is 10.7. The van der Waals surface area contributed by atoms with E-state index in [9.17, 15) is 19.2 Å². The van der Waals surface area contributed by atoms with Gasteiger partial charge in [0.2, 0.25) is 23.6 Å². The number of fused-ring (bicyclic) bond motifs is 2. The first-order valence-corrected chi connectivity index (χ1v) is 16.3. The highest BCUT2D eigenvalue weighted by molar-refractivity contribution is 5.94. The zero-order valence-corrected chi connectivity index (χ0v) is 28.9. The van der Waals surface area contributed by atoms with E-state index in [2.05, 4.69) is 11.1 Å². The third kappa shape index (κ3) is 19.9. The van der Waals surface area contributed by atoms with Crippen molar-refractivity contribution in [1.29, 1.82) is 0 Å². The van der Waals surface area contributed by atoms with Gasteiger partial charge in [0, 0.05) is 46.8 Å². The Morgan fingerprint density at radius 1 is 0.553 bits per heavy atom. The van der Waals surface area contributed by atoms with Crippen molar-refractivity contribution in [3.8, 4) is 0 Å². The molecule has 4 amide bonds. The SMILES string of the molecule is CC(CCCCCCCC(N)=O)C(N)=O.CC(CCCCCCCC(N)=O)C(N)=O.Cl.Nc1ccc2cc3ccc(N)cc3nc2c1. The van der Waals surface area contributed by atoms with Crippen LogP contribution in [-0.2, 0) is 19.2 Å². The van der Waals surface area contributed by atoms with Crippen LogP contribution in [0.2, 0.25) is 0 Å². The van der Waals surface area contributed by atoms with Crippen molar-refractivity contribution in [2.75, 3.05) is 11.5 Å². The van der Waals surface area contributed by atoms with Crippen LogP contribution >= 0.6 is 12.4 Å². The highest BCUT2D eigenvalue weighted by Gasteiger charge is 2.08. The molecule has 0 spiro atoms. The molecule has 1 aromatic heterocycles. The average molecular weight is 674 g/mol. The number of carbonyl (C=O) groups is 4. The van der Waals surface area contributed by atoms with Crippen molar-refractivity contribution in [1.82, 2.24) is 4.98 Å². The molecule has 0 saturated carbocycles. The molecule has 1 heterocycles. The van der Waals surface area contributed by atoms with Gasteiger partial charge in [0.1, 0.15) is 0 Å². The summed E-state index contributed by atoms with van der Waals surface area (Å²) in [5.41, 5.74) is 35.0. The van der Waals surface area contributed by atoms with Crippen molar-refractivity contribution >= 4 is 69.2 Å². The number of anilines is 2. The number of unbranched alkanes of at least 4 members (excludes halogenated alkanes) is 8. The largest absolute Gasteiger partial charge is 0.399 e. The Bertz CT molecular complexity index is 1300. The van der Waals surface area contributed by atoms with Crippen LogP contribution in [0.1, 0.15) is 104 Å². The van der Waals surface area contributed by atoms with Crippen molar-refractivity contribution in [2.24, 2.45) is 34.8 Å². The van der Waals surface area contributed by atoms with Crippen molar-refractivity contribution in [3.05, 3.63) is 42.5 Å². The van der Waals surface area contributed by atoms with Crippen LogP contribution in [0, 0.1) is 11.8 Å². The van der Waals surface area contributed by atoms with Crippen LogP contribution in [0.4, 0.5) is 11.4 Å². The predicted octanol–water partition coefficient (Wildman–Crippen LogP) is 5.62. The summed E-state index contributed by atoms with van der Waals surface area (Å²) < 4.78 is 0. The van der Waals surface area contributed by atoms with Gasteiger partial charge in [-0.3, -0.25) is 19.2 Å². The average Bonchev–Trinajstić information content (AvgIpc) is 2.99. The molecule has 0 aliphatic rings. The number of halogens is 1. The van der Waals surface area contributed by atoms with Gasteiger partial charge in [-0.25, -0.2) is 4.98 Å². The second-order valence-electron chi connectivity index (χ2n) is 12.0. The summed E-state index contributed by atoms with van der Waals surface area (Å²) in [7, 11) is 0. The zero-order chi connectivity index (χ0) is 34.5. The second-order valence-corrected chi connectivity index (χ2v) is 12.0. The van der Waals surface area contributed by atoms with E-state index in [0.29, 0.717) is 12.8 Å². The smallest absolute Gasteiger partial charge is 0.220 e. The molecule has 0 radical (unpaired) electrons. The lowest BCUT2D eigenvalue weighted by molar-refractivity contribution is -0.122. The topological polar surface area (TPSA) is 237 Å². The quantitative estimate of drug-likeness (QED) is 0.0565. The normalized spacial score (nSPS) is 11.6. The summed E-state index contributed by atoms with van der Waals surface area (Å²) >= 11 is 0. The fourth-order valence-corrected chi connectivity index (χ4v) is 4.70. The van der Waals surface area contributed by atoms with E-state index in [1.54, 1.807) is 0 Å². The number of amides is 4. The van der Waals surface area contributed by atoms with E-state index < -0.39 is 0 Å². The van der Waals surface area contributed by atoms with Gasteiger partial charge >= 0.3 is 0 Å². The van der Waals surface area contributed by atoms with Gasteiger partial charge in [0.25, 0.3) is 0 Å². The van der Waals surface area contributed by atoms with Crippen LogP contribution in [0.3, 0.4) is 0 Å². The Morgan fingerprint density at radius 2 is 0.894 bits per heavy atom. The standard InChI is InChI=1S/C13H11N3.2C11H22N2O2.ClH/c14-10-3-1-8-5-9-2-4-11(15)7-13(9)16-12(8)6-10;2*1-9(11(13)15)7-5-3-2-4-6-8-10(12)14;/h1-7H,14-15H2;2*9H,2-8H2,1H3,(H2,12,14)(H2,13,15);1H. The number of aromatic nitrogens is 1. The van der Waals surface area contributed by atoms with E-state index in [4.69, 9.17) is 34.4 Å². The molecule has 262 valence electrons. The number of hydrogen-bond donors (Lipinski definition) is 6. The first-order valence-electron chi connectivity index (χ1n) is 16.3. The number of nitrogens with zero attached hydrogens (tertiary/aromatic N) is 1. The maximum Gasteiger partial charge on any atom is 0.220 e. The second kappa shape index (κ2) is 24.1. The minimum atomic E-state index is -0.225. The number of carbonyl (C=O) groups excluding carboxylic acids is 4. The third-order valence-corrected chi connectivity index (χ3v) is 7.75. The molecule has 0 saturated heterocycles. The Morgan fingerprint density at radius 3 is 1.23 bits per heavy atom. The molecule has 0 fully saturated rings. The van der Waals surface area contributed by atoms with Crippen LogP contribution in [0.5, 0.6) is 0 Å². The van der Waals surface area contributed by atoms with Crippen LogP contribution in [0.25, 0.3) is 21.8 Å². The van der Waals surface area contributed by atoms with Gasteiger partial charge in [-0.1, -0.05) is 77.3 Å². The summed E-state index contributed by atoms with van der Waals surface area (Å²) in [5.74, 6) is -0.923. The van der Waals surface area contributed by atoms with E-state index in [-0.39, 0.29) is 47.9 Å². The molecule has 2 atom stereocenters. The highest BCUT2D eigenvalue weighted by atomic mass is 35.5. The molecule has 0 aliphatic carbocycles. The summed E-state index contributed by atoms with van der Waals surface area (Å²) in [6, 6.07) is 13.6. The van der Waals surface area contributed by atoms with Gasteiger partial charge < -0.3 is 34.4 Å². The summed E-state index contributed by atoms with van der Waals surface area (Å²) in [6.07, 6.45) is 13.0. The molecule has 0 bridgehead atoms. The first kappa shape index (κ1) is 42.9. The lowest BCUT2D eigenvalue weighted by Gasteiger charge is -2.06. The lowest BCUT2D eigenvalue weighted by atomic mass is 10.0. The van der Waals surface area contributed by atoms with Gasteiger partial charge in [-0.15, -0.1) is 12.4 Å². The van der Waals surface area contributed by atoms with E-state index in [0.717, 1.165) is 110 Å². The summed E-state index contributed by atoms with van der Waals surface area (Å²) in [4.78, 5) is 46.8. The molecular formula is C35H56ClN7O4. The minimum absolute atomic E-state index is 0. The number of benzene rings is 2. The minimum Gasteiger partial charge on any atom is -0.399 e. The number of nitrogen functional groups attached to an aromatic ring is 2. The molecule has 3 rings (SSSR count). The Kier molecular flexibility index (Phi) is 22.0. The number of hydrogen-bond acceptors (Lipinski definition) is 7. The van der Waals surface area contributed by atoms with E-state index in [1.807, 2.05) is 50.2 Å². The van der Waals surface area contributed by atoms with Crippen molar-refractivity contribution < 1.29 is 19.2 Å². The molecule has 11 nitrogen and oxygen atoms in total. The summed E-state index contributed by atoms with van der Waals surface area (Å²) in [5, 5.41) is 2.18. The Balaban J connectivity index is 0.000000670. The molecule has 0 aliphatic heterocycles. The Hall–Kier alpha value is -4.12.